The molecule has 116 valence electrons. The fraction of sp³-hybridized carbons (Fsp3) is 0.533. The lowest BCUT2D eigenvalue weighted by molar-refractivity contribution is -0.121. The number of carbonyl (C=O) groups is 1. The summed E-state index contributed by atoms with van der Waals surface area (Å²) in [6.07, 6.45) is 0.540. The van der Waals surface area contributed by atoms with E-state index in [2.05, 4.69) is 5.32 Å². The molecule has 1 aliphatic heterocycles. The maximum Gasteiger partial charge on any atom is 0.246 e. The first-order valence-electron chi connectivity index (χ1n) is 6.98. The van der Waals surface area contributed by atoms with Crippen molar-refractivity contribution in [3.8, 4) is 0 Å². The second-order valence-electron chi connectivity index (χ2n) is 5.16. The largest absolute Gasteiger partial charge is 0.382 e. The van der Waals surface area contributed by atoms with Gasteiger partial charge < -0.3 is 25.3 Å². The molecule has 0 spiro atoms. The predicted molar refractivity (Wildman–Crippen MR) is 79.0 cm³/mol. The summed E-state index contributed by atoms with van der Waals surface area (Å²) in [5, 5.41) is 2.84. The SMILES string of the molecule is COCCOCc1cccc(NC(=O)C2(N)CCOC2)c1. The molecule has 0 saturated carbocycles. The monoisotopic (exact) mass is 294 g/mol. The Morgan fingerprint density at radius 1 is 1.48 bits per heavy atom. The van der Waals surface area contributed by atoms with E-state index in [1.54, 1.807) is 7.11 Å². The Morgan fingerprint density at radius 2 is 2.33 bits per heavy atom. The summed E-state index contributed by atoms with van der Waals surface area (Å²) < 4.78 is 15.6. The van der Waals surface area contributed by atoms with Crippen molar-refractivity contribution in [2.45, 2.75) is 18.6 Å². The molecule has 1 saturated heterocycles. The third kappa shape index (κ3) is 4.50. The van der Waals surface area contributed by atoms with Gasteiger partial charge in [-0.05, 0) is 24.1 Å². The van der Waals surface area contributed by atoms with Crippen LogP contribution in [-0.4, -0.2) is 45.0 Å². The van der Waals surface area contributed by atoms with E-state index in [0.29, 0.717) is 38.5 Å². The van der Waals surface area contributed by atoms with Gasteiger partial charge in [0.15, 0.2) is 0 Å². The van der Waals surface area contributed by atoms with Gasteiger partial charge in [-0.15, -0.1) is 0 Å². The van der Waals surface area contributed by atoms with Gasteiger partial charge in [-0.2, -0.15) is 0 Å². The molecule has 0 aliphatic carbocycles. The van der Waals surface area contributed by atoms with Crippen molar-refractivity contribution >= 4 is 11.6 Å². The smallest absolute Gasteiger partial charge is 0.246 e. The topological polar surface area (TPSA) is 82.8 Å². The Hall–Kier alpha value is -1.47. The zero-order chi connectivity index (χ0) is 15.1. The Morgan fingerprint density at radius 3 is 3.05 bits per heavy atom. The van der Waals surface area contributed by atoms with Gasteiger partial charge >= 0.3 is 0 Å². The summed E-state index contributed by atoms with van der Waals surface area (Å²) in [6, 6.07) is 7.53. The highest BCUT2D eigenvalue weighted by atomic mass is 16.5. The average Bonchev–Trinajstić information content (AvgIpc) is 2.92. The first-order chi connectivity index (χ1) is 10.1. The Bertz CT molecular complexity index is 472. The van der Waals surface area contributed by atoms with E-state index in [-0.39, 0.29) is 12.5 Å². The summed E-state index contributed by atoms with van der Waals surface area (Å²) in [5.74, 6) is -0.211. The average molecular weight is 294 g/mol. The van der Waals surface area contributed by atoms with E-state index in [9.17, 15) is 4.79 Å². The van der Waals surface area contributed by atoms with Crippen LogP contribution in [0, 0.1) is 0 Å². The zero-order valence-corrected chi connectivity index (χ0v) is 12.3. The molecule has 21 heavy (non-hydrogen) atoms. The minimum atomic E-state index is -0.926. The van der Waals surface area contributed by atoms with Crippen molar-refractivity contribution in [1.29, 1.82) is 0 Å². The molecule has 1 aromatic rings. The summed E-state index contributed by atoms with van der Waals surface area (Å²) in [4.78, 5) is 12.2. The van der Waals surface area contributed by atoms with Crippen LogP contribution in [0.25, 0.3) is 0 Å². The standard InChI is InChI=1S/C15H22N2O4/c1-19-7-8-20-10-12-3-2-4-13(9-12)17-14(18)15(16)5-6-21-11-15/h2-4,9H,5-8,10-11,16H2,1H3,(H,17,18). The third-order valence-electron chi connectivity index (χ3n) is 3.39. The minimum Gasteiger partial charge on any atom is -0.382 e. The molecule has 6 heteroatoms. The van der Waals surface area contributed by atoms with Crippen LogP contribution in [0.15, 0.2) is 24.3 Å². The van der Waals surface area contributed by atoms with Gasteiger partial charge in [-0.3, -0.25) is 4.79 Å². The fourth-order valence-corrected chi connectivity index (χ4v) is 2.09. The normalized spacial score (nSPS) is 21.4. The Kier molecular flexibility index (Phi) is 5.69. The van der Waals surface area contributed by atoms with Crippen LogP contribution >= 0.6 is 0 Å². The van der Waals surface area contributed by atoms with Crippen LogP contribution in [-0.2, 0) is 25.6 Å². The Balaban J connectivity index is 1.90. The van der Waals surface area contributed by atoms with E-state index in [1.807, 2.05) is 24.3 Å². The first kappa shape index (κ1) is 15.9. The summed E-state index contributed by atoms with van der Waals surface area (Å²) >= 11 is 0. The lowest BCUT2D eigenvalue weighted by atomic mass is 9.99. The molecule has 0 radical (unpaired) electrons. The van der Waals surface area contributed by atoms with Crippen LogP contribution in [0.1, 0.15) is 12.0 Å². The van der Waals surface area contributed by atoms with Gasteiger partial charge in [-0.25, -0.2) is 0 Å². The third-order valence-corrected chi connectivity index (χ3v) is 3.39. The number of rotatable bonds is 7. The lowest BCUT2D eigenvalue weighted by Gasteiger charge is -2.20. The predicted octanol–water partition coefficient (Wildman–Crippen LogP) is 0.906. The summed E-state index contributed by atoms with van der Waals surface area (Å²) in [6.45, 7) is 2.36. The number of nitrogens with one attached hydrogen (secondary N) is 1. The van der Waals surface area contributed by atoms with Crippen LogP contribution < -0.4 is 11.1 Å². The van der Waals surface area contributed by atoms with Crippen molar-refractivity contribution in [2.24, 2.45) is 5.73 Å². The van der Waals surface area contributed by atoms with E-state index in [1.165, 1.54) is 0 Å². The molecule has 6 nitrogen and oxygen atoms in total. The summed E-state index contributed by atoms with van der Waals surface area (Å²) in [5.41, 5.74) is 6.80. The lowest BCUT2D eigenvalue weighted by Crippen LogP contribution is -2.51. The van der Waals surface area contributed by atoms with Crippen LogP contribution in [0.2, 0.25) is 0 Å². The van der Waals surface area contributed by atoms with Gasteiger partial charge in [0.2, 0.25) is 5.91 Å². The molecule has 1 fully saturated rings. The number of hydrogen-bond acceptors (Lipinski definition) is 5. The number of nitrogens with two attached hydrogens (primary N) is 1. The van der Waals surface area contributed by atoms with Crippen molar-refractivity contribution in [3.63, 3.8) is 0 Å². The van der Waals surface area contributed by atoms with Crippen molar-refractivity contribution in [3.05, 3.63) is 29.8 Å². The second-order valence-corrected chi connectivity index (χ2v) is 5.16. The molecule has 1 amide bonds. The molecule has 0 aromatic heterocycles. The molecular weight excluding hydrogens is 272 g/mol. The van der Waals surface area contributed by atoms with Crippen molar-refractivity contribution in [1.82, 2.24) is 0 Å². The quantitative estimate of drug-likeness (QED) is 0.730. The van der Waals surface area contributed by atoms with Crippen LogP contribution in [0.4, 0.5) is 5.69 Å². The van der Waals surface area contributed by atoms with Gasteiger partial charge in [0, 0.05) is 19.4 Å². The van der Waals surface area contributed by atoms with Crippen molar-refractivity contribution in [2.75, 3.05) is 38.9 Å². The first-order valence-corrected chi connectivity index (χ1v) is 6.98. The highest BCUT2D eigenvalue weighted by Gasteiger charge is 2.38. The Labute approximate surface area is 124 Å². The fourth-order valence-electron chi connectivity index (χ4n) is 2.09. The van der Waals surface area contributed by atoms with Crippen LogP contribution in [0.5, 0.6) is 0 Å². The van der Waals surface area contributed by atoms with E-state index in [0.717, 1.165) is 5.56 Å². The van der Waals surface area contributed by atoms with Crippen LogP contribution in [0.3, 0.4) is 0 Å². The maximum atomic E-state index is 12.2. The van der Waals surface area contributed by atoms with E-state index in [4.69, 9.17) is 19.9 Å². The number of amides is 1. The van der Waals surface area contributed by atoms with E-state index >= 15 is 0 Å². The molecular formula is C15H22N2O4. The molecule has 3 N–H and O–H groups in total. The molecule has 1 unspecified atom stereocenters. The molecule has 1 aromatic carbocycles. The number of benzene rings is 1. The molecule has 0 bridgehead atoms. The molecule has 1 atom stereocenters. The number of hydrogen-bond donors (Lipinski definition) is 2. The van der Waals surface area contributed by atoms with Gasteiger partial charge in [0.25, 0.3) is 0 Å². The van der Waals surface area contributed by atoms with Gasteiger partial charge in [0.05, 0.1) is 26.4 Å². The van der Waals surface area contributed by atoms with E-state index < -0.39 is 5.54 Å². The van der Waals surface area contributed by atoms with Gasteiger partial charge in [0.1, 0.15) is 5.54 Å². The highest BCUT2D eigenvalue weighted by molar-refractivity contribution is 5.98. The number of anilines is 1. The minimum absolute atomic E-state index is 0.211. The summed E-state index contributed by atoms with van der Waals surface area (Å²) in [7, 11) is 1.63. The molecule has 2 rings (SSSR count). The second kappa shape index (κ2) is 7.51. The zero-order valence-electron chi connectivity index (χ0n) is 12.3. The highest BCUT2D eigenvalue weighted by Crippen LogP contribution is 2.19. The number of methoxy groups -OCH3 is 1. The number of carbonyl (C=O) groups excluding carboxylic acids is 1. The van der Waals surface area contributed by atoms with Crippen molar-refractivity contribution < 1.29 is 19.0 Å². The number of ether oxygens (including phenoxy) is 3. The molecule has 1 aliphatic rings. The molecule has 1 heterocycles. The van der Waals surface area contributed by atoms with Gasteiger partial charge in [-0.1, -0.05) is 12.1 Å². The maximum absolute atomic E-state index is 12.2.